The third kappa shape index (κ3) is 5.82. The van der Waals surface area contributed by atoms with Crippen molar-refractivity contribution in [1.82, 2.24) is 14.5 Å². The Morgan fingerprint density at radius 2 is 1.71 bits per heavy atom. The standard InChI is InChI=1S/C21H24N4O8P2/c1-2-3-8-18-24-19-20(15-6-4-5-7-16(15)23-21(19)22)25(18)12-13-11-14(32-34(26,27)28)9-10-17(13)33-35(29,30)31/h4-7,9-11H,2-3,8,12H2,1H3,(H2,22,23)(H2,26,27,28)(H2,29,30,31). The zero-order valence-corrected chi connectivity index (χ0v) is 20.4. The molecule has 0 aliphatic rings. The number of aromatic nitrogens is 3. The Balaban J connectivity index is 1.94. The number of nitrogens with two attached hydrogens (primary N) is 1. The summed E-state index contributed by atoms with van der Waals surface area (Å²) in [5.41, 5.74) is 8.21. The van der Waals surface area contributed by atoms with E-state index in [4.69, 9.17) is 15.2 Å². The van der Waals surface area contributed by atoms with Crippen LogP contribution in [0, 0.1) is 0 Å². The van der Waals surface area contributed by atoms with Crippen molar-refractivity contribution >= 4 is 43.4 Å². The molecule has 12 nitrogen and oxygen atoms in total. The van der Waals surface area contributed by atoms with E-state index in [1.165, 1.54) is 12.1 Å². The molecule has 6 N–H and O–H groups in total. The highest BCUT2D eigenvalue weighted by Gasteiger charge is 2.24. The Kier molecular flexibility index (Phi) is 6.88. The Morgan fingerprint density at radius 1 is 1.00 bits per heavy atom. The molecule has 35 heavy (non-hydrogen) atoms. The number of pyridine rings is 1. The zero-order valence-electron chi connectivity index (χ0n) is 18.6. The minimum absolute atomic E-state index is 0.00329. The third-order valence-electron chi connectivity index (χ3n) is 5.25. The number of hydrogen-bond donors (Lipinski definition) is 5. The van der Waals surface area contributed by atoms with E-state index in [0.29, 0.717) is 28.8 Å². The highest BCUT2D eigenvalue weighted by Crippen LogP contribution is 2.43. The van der Waals surface area contributed by atoms with E-state index in [0.717, 1.165) is 24.3 Å². The number of hydrogen-bond acceptors (Lipinski definition) is 7. The fraction of sp³-hybridized carbons (Fsp3) is 0.238. The summed E-state index contributed by atoms with van der Waals surface area (Å²) in [6.45, 7) is 2.03. The number of phosphoric acid groups is 2. The Morgan fingerprint density at radius 3 is 2.40 bits per heavy atom. The molecule has 0 saturated carbocycles. The molecule has 0 amide bonds. The van der Waals surface area contributed by atoms with Crippen LogP contribution in [0.4, 0.5) is 5.82 Å². The Labute approximate surface area is 199 Å². The number of fused-ring (bicyclic) bond motifs is 3. The molecule has 0 unspecified atom stereocenters. The van der Waals surface area contributed by atoms with Crippen LogP contribution in [0.5, 0.6) is 11.5 Å². The van der Waals surface area contributed by atoms with Crippen LogP contribution >= 0.6 is 15.6 Å². The summed E-state index contributed by atoms with van der Waals surface area (Å²) < 4.78 is 34.3. The molecular formula is C21H24N4O8P2. The van der Waals surface area contributed by atoms with Gasteiger partial charge in [-0.2, -0.15) is 0 Å². The second kappa shape index (κ2) is 9.58. The summed E-state index contributed by atoms with van der Waals surface area (Å²) in [6.07, 6.45) is 2.31. The van der Waals surface area contributed by atoms with Crippen LogP contribution < -0.4 is 14.8 Å². The van der Waals surface area contributed by atoms with Gasteiger partial charge in [-0.1, -0.05) is 31.5 Å². The number of phosphoric ester groups is 2. The van der Waals surface area contributed by atoms with Crippen molar-refractivity contribution in [2.45, 2.75) is 32.7 Å². The number of para-hydroxylation sites is 1. The van der Waals surface area contributed by atoms with Gasteiger partial charge in [0, 0.05) is 17.4 Å². The number of nitrogen functional groups attached to an aromatic ring is 1. The SMILES string of the molecule is CCCCc1nc2c(N)nc3ccccc3c2n1Cc1cc(OP(=O)(O)O)ccc1OP(=O)(O)O. The summed E-state index contributed by atoms with van der Waals surface area (Å²) in [4.78, 5) is 46.3. The summed E-state index contributed by atoms with van der Waals surface area (Å²) in [5, 5.41) is 0.770. The van der Waals surface area contributed by atoms with Gasteiger partial charge in [-0.05, 0) is 30.7 Å². The molecule has 14 heteroatoms. The van der Waals surface area contributed by atoms with Crippen LogP contribution in [-0.2, 0) is 22.1 Å². The lowest BCUT2D eigenvalue weighted by atomic mass is 10.1. The highest BCUT2D eigenvalue weighted by molar-refractivity contribution is 7.47. The first kappa shape index (κ1) is 25.1. The molecule has 4 aromatic rings. The van der Waals surface area contributed by atoms with Gasteiger partial charge in [0.25, 0.3) is 0 Å². The molecule has 2 heterocycles. The van der Waals surface area contributed by atoms with Gasteiger partial charge in [0.2, 0.25) is 0 Å². The molecule has 0 fully saturated rings. The van der Waals surface area contributed by atoms with E-state index < -0.39 is 15.6 Å². The average molecular weight is 522 g/mol. The van der Waals surface area contributed by atoms with Crippen molar-refractivity contribution < 1.29 is 37.8 Å². The normalized spacial score (nSPS) is 12.4. The molecule has 2 aromatic heterocycles. The van der Waals surface area contributed by atoms with E-state index in [-0.39, 0.29) is 29.4 Å². The van der Waals surface area contributed by atoms with Gasteiger partial charge in [0.05, 0.1) is 17.6 Å². The molecule has 0 aliphatic carbocycles. The van der Waals surface area contributed by atoms with Crippen molar-refractivity contribution in [2.75, 3.05) is 5.73 Å². The first-order chi connectivity index (χ1) is 16.4. The van der Waals surface area contributed by atoms with E-state index in [9.17, 15) is 28.7 Å². The minimum Gasteiger partial charge on any atom is -0.404 e. The highest BCUT2D eigenvalue weighted by atomic mass is 31.2. The topological polar surface area (TPSA) is 190 Å². The maximum atomic E-state index is 11.6. The lowest BCUT2D eigenvalue weighted by molar-refractivity contribution is 0.277. The van der Waals surface area contributed by atoms with E-state index in [1.54, 1.807) is 0 Å². The quantitative estimate of drug-likeness (QED) is 0.202. The van der Waals surface area contributed by atoms with Gasteiger partial charge in [-0.15, -0.1) is 0 Å². The van der Waals surface area contributed by atoms with E-state index >= 15 is 0 Å². The molecule has 0 atom stereocenters. The van der Waals surface area contributed by atoms with Crippen LogP contribution in [-0.4, -0.2) is 34.1 Å². The summed E-state index contributed by atoms with van der Waals surface area (Å²) in [5.74, 6) is 0.526. The van der Waals surface area contributed by atoms with Gasteiger partial charge in [-0.3, -0.25) is 19.6 Å². The van der Waals surface area contributed by atoms with Gasteiger partial charge in [0.15, 0.2) is 5.82 Å². The van der Waals surface area contributed by atoms with Crippen LogP contribution in [0.3, 0.4) is 0 Å². The monoisotopic (exact) mass is 522 g/mol. The fourth-order valence-electron chi connectivity index (χ4n) is 3.86. The molecule has 0 radical (unpaired) electrons. The second-order valence-electron chi connectivity index (χ2n) is 7.86. The molecule has 186 valence electrons. The molecule has 4 rings (SSSR count). The van der Waals surface area contributed by atoms with Crippen LogP contribution in [0.15, 0.2) is 42.5 Å². The molecular weight excluding hydrogens is 498 g/mol. The lowest BCUT2D eigenvalue weighted by Gasteiger charge is -2.17. The fourth-order valence-corrected chi connectivity index (χ4v) is 4.68. The average Bonchev–Trinajstić information content (AvgIpc) is 3.11. The number of anilines is 1. The molecule has 0 aliphatic heterocycles. The molecule has 0 saturated heterocycles. The van der Waals surface area contributed by atoms with Crippen LogP contribution in [0.1, 0.15) is 31.2 Å². The zero-order chi connectivity index (χ0) is 25.4. The van der Waals surface area contributed by atoms with Crippen molar-refractivity contribution in [2.24, 2.45) is 0 Å². The smallest absolute Gasteiger partial charge is 0.404 e. The molecule has 2 aromatic carbocycles. The number of imidazole rings is 1. The number of rotatable bonds is 9. The first-order valence-electron chi connectivity index (χ1n) is 10.6. The Hall–Kier alpha value is -2.98. The predicted octanol–water partition coefficient (Wildman–Crippen LogP) is 3.50. The van der Waals surface area contributed by atoms with E-state index in [2.05, 4.69) is 9.51 Å². The minimum atomic E-state index is -4.93. The Bertz CT molecular complexity index is 1490. The number of aryl methyl sites for hydroxylation is 1. The number of nitrogens with zero attached hydrogens (tertiary/aromatic N) is 3. The maximum absolute atomic E-state index is 11.6. The molecule has 0 spiro atoms. The first-order valence-corrected chi connectivity index (χ1v) is 13.7. The number of benzene rings is 2. The van der Waals surface area contributed by atoms with Crippen LogP contribution in [0.2, 0.25) is 0 Å². The summed E-state index contributed by atoms with van der Waals surface area (Å²) in [7, 11) is -9.81. The third-order valence-corrected chi connectivity index (χ3v) is 6.13. The van der Waals surface area contributed by atoms with Gasteiger partial charge >= 0.3 is 15.6 Å². The second-order valence-corrected chi connectivity index (χ2v) is 10.2. The molecule has 0 bridgehead atoms. The summed E-state index contributed by atoms with van der Waals surface area (Å²) in [6, 6.07) is 10.9. The lowest BCUT2D eigenvalue weighted by Crippen LogP contribution is -2.08. The van der Waals surface area contributed by atoms with Crippen LogP contribution in [0.25, 0.3) is 21.9 Å². The largest absolute Gasteiger partial charge is 0.524 e. The van der Waals surface area contributed by atoms with Crippen molar-refractivity contribution in [3.63, 3.8) is 0 Å². The maximum Gasteiger partial charge on any atom is 0.524 e. The van der Waals surface area contributed by atoms with Gasteiger partial charge in [0.1, 0.15) is 22.8 Å². The predicted molar refractivity (Wildman–Crippen MR) is 129 cm³/mol. The van der Waals surface area contributed by atoms with Crippen molar-refractivity contribution in [1.29, 1.82) is 0 Å². The van der Waals surface area contributed by atoms with Crippen molar-refractivity contribution in [3.05, 3.63) is 53.9 Å². The summed E-state index contributed by atoms with van der Waals surface area (Å²) >= 11 is 0. The van der Waals surface area contributed by atoms with Gasteiger partial charge in [-0.25, -0.2) is 19.1 Å². The number of unbranched alkanes of at least 4 members (excludes halogenated alkanes) is 1. The van der Waals surface area contributed by atoms with Crippen molar-refractivity contribution in [3.8, 4) is 11.5 Å². The van der Waals surface area contributed by atoms with E-state index in [1.807, 2.05) is 35.8 Å². The van der Waals surface area contributed by atoms with Gasteiger partial charge < -0.3 is 19.3 Å².